The maximum Gasteiger partial charge on any atom is 0.280 e. The summed E-state index contributed by atoms with van der Waals surface area (Å²) >= 11 is 0. The number of hydrogen-bond donors (Lipinski definition) is 2. The third kappa shape index (κ3) is 3.79. The lowest BCUT2D eigenvalue weighted by molar-refractivity contribution is 0.281. The minimum Gasteiger partial charge on any atom is -0.392 e. The number of nitrogens with one attached hydrogen (secondary N) is 1. The predicted molar refractivity (Wildman–Crippen MR) is 149 cm³/mol. The quantitative estimate of drug-likeness (QED) is 0.332. The SMILES string of the molecule is CCn1cc(Nc2cc(-c3ccnc(-n4ccn5c6c(cc5c4=O)CC(C)(C)C6)c3CO)cn3ncnc23)nn1. The molecular formula is C28H28N10O2. The summed E-state index contributed by atoms with van der Waals surface area (Å²) in [5, 5.41) is 26.4. The molecule has 0 saturated carbocycles. The summed E-state index contributed by atoms with van der Waals surface area (Å²) < 4.78 is 6.89. The minimum atomic E-state index is -0.315. The average Bonchev–Trinajstić information content (AvgIpc) is 3.72. The van der Waals surface area contributed by atoms with Crippen molar-refractivity contribution in [1.82, 2.24) is 43.5 Å². The Morgan fingerprint density at radius 2 is 2.00 bits per heavy atom. The van der Waals surface area contributed by atoms with E-state index in [1.807, 2.05) is 48.1 Å². The van der Waals surface area contributed by atoms with Gasteiger partial charge in [0.05, 0.1) is 18.5 Å². The van der Waals surface area contributed by atoms with Crippen molar-refractivity contribution in [3.63, 3.8) is 0 Å². The summed E-state index contributed by atoms with van der Waals surface area (Å²) in [7, 11) is 0. The topological polar surface area (TPSA) is 132 Å². The highest BCUT2D eigenvalue weighted by Crippen LogP contribution is 2.37. The Labute approximate surface area is 228 Å². The summed E-state index contributed by atoms with van der Waals surface area (Å²) in [6.07, 6.45) is 12.3. The van der Waals surface area contributed by atoms with Crippen LogP contribution in [0.4, 0.5) is 11.5 Å². The Morgan fingerprint density at radius 3 is 2.80 bits per heavy atom. The van der Waals surface area contributed by atoms with E-state index in [0.29, 0.717) is 40.6 Å². The number of aromatic nitrogens is 9. The van der Waals surface area contributed by atoms with Gasteiger partial charge >= 0.3 is 0 Å². The highest BCUT2D eigenvalue weighted by Gasteiger charge is 2.31. The zero-order valence-electron chi connectivity index (χ0n) is 22.4. The second-order valence-electron chi connectivity index (χ2n) is 10.9. The van der Waals surface area contributed by atoms with Crippen LogP contribution < -0.4 is 10.9 Å². The normalized spacial score (nSPS) is 14.3. The van der Waals surface area contributed by atoms with Gasteiger partial charge in [-0.25, -0.2) is 14.5 Å². The average molecular weight is 537 g/mol. The number of anilines is 2. The van der Waals surface area contributed by atoms with Crippen molar-refractivity contribution in [1.29, 1.82) is 0 Å². The number of hydrogen-bond acceptors (Lipinski definition) is 8. The molecule has 202 valence electrons. The van der Waals surface area contributed by atoms with E-state index in [1.54, 1.807) is 21.6 Å². The molecule has 2 N–H and O–H groups in total. The maximum absolute atomic E-state index is 13.7. The van der Waals surface area contributed by atoms with Gasteiger partial charge in [0.2, 0.25) is 0 Å². The smallest absolute Gasteiger partial charge is 0.280 e. The van der Waals surface area contributed by atoms with Crippen LogP contribution in [0.2, 0.25) is 0 Å². The lowest BCUT2D eigenvalue weighted by Crippen LogP contribution is -2.22. The van der Waals surface area contributed by atoms with E-state index in [-0.39, 0.29) is 17.6 Å². The Kier molecular flexibility index (Phi) is 5.36. The lowest BCUT2D eigenvalue weighted by atomic mass is 9.90. The Morgan fingerprint density at radius 1 is 1.12 bits per heavy atom. The van der Waals surface area contributed by atoms with Gasteiger partial charge < -0.3 is 14.8 Å². The van der Waals surface area contributed by atoms with E-state index < -0.39 is 0 Å². The van der Waals surface area contributed by atoms with Crippen LogP contribution in [-0.4, -0.2) is 48.7 Å². The zero-order chi connectivity index (χ0) is 27.6. The van der Waals surface area contributed by atoms with Crippen molar-refractivity contribution < 1.29 is 5.11 Å². The molecule has 6 aromatic rings. The predicted octanol–water partition coefficient (Wildman–Crippen LogP) is 3.17. The molecule has 0 atom stereocenters. The minimum absolute atomic E-state index is 0.179. The summed E-state index contributed by atoms with van der Waals surface area (Å²) in [4.78, 5) is 22.6. The van der Waals surface area contributed by atoms with E-state index in [9.17, 15) is 9.90 Å². The molecule has 0 aliphatic heterocycles. The molecule has 0 unspecified atom stereocenters. The van der Waals surface area contributed by atoms with Gasteiger partial charge in [-0.1, -0.05) is 19.1 Å². The Bertz CT molecular complexity index is 1980. The Balaban J connectivity index is 1.35. The molecule has 0 aromatic carbocycles. The van der Waals surface area contributed by atoms with E-state index in [2.05, 4.69) is 44.5 Å². The molecule has 12 heteroatoms. The van der Waals surface area contributed by atoms with Crippen LogP contribution in [0.1, 0.15) is 37.6 Å². The molecule has 0 spiro atoms. The fourth-order valence-corrected chi connectivity index (χ4v) is 5.76. The van der Waals surface area contributed by atoms with Crippen LogP contribution in [0.25, 0.3) is 28.1 Å². The molecule has 6 aromatic heterocycles. The van der Waals surface area contributed by atoms with E-state index in [1.165, 1.54) is 22.2 Å². The molecule has 12 nitrogen and oxygen atoms in total. The van der Waals surface area contributed by atoms with E-state index in [0.717, 1.165) is 24.0 Å². The Hall–Kier alpha value is -4.84. The van der Waals surface area contributed by atoms with Crippen LogP contribution in [-0.2, 0) is 26.0 Å². The third-order valence-corrected chi connectivity index (χ3v) is 7.58. The molecule has 0 amide bonds. The van der Waals surface area contributed by atoms with E-state index >= 15 is 0 Å². The summed E-state index contributed by atoms with van der Waals surface area (Å²) in [6.45, 7) is 6.86. The van der Waals surface area contributed by atoms with Crippen molar-refractivity contribution >= 4 is 22.7 Å². The monoisotopic (exact) mass is 536 g/mol. The number of pyridine rings is 2. The van der Waals surface area contributed by atoms with Crippen molar-refractivity contribution in [2.75, 3.05) is 5.32 Å². The summed E-state index contributed by atoms with van der Waals surface area (Å²) in [5.74, 6) is 0.956. The van der Waals surface area contributed by atoms with Crippen LogP contribution in [0.15, 0.2) is 60.3 Å². The number of aliphatic hydroxyl groups excluding tert-OH is 1. The van der Waals surface area contributed by atoms with Crippen LogP contribution in [0, 0.1) is 5.41 Å². The van der Waals surface area contributed by atoms with Crippen molar-refractivity contribution in [3.8, 4) is 16.9 Å². The molecule has 40 heavy (non-hydrogen) atoms. The summed E-state index contributed by atoms with van der Waals surface area (Å²) in [6, 6.07) is 5.73. The first-order valence-corrected chi connectivity index (χ1v) is 13.2. The number of rotatable bonds is 6. The number of aliphatic hydroxyl groups is 1. The van der Waals surface area contributed by atoms with Gasteiger partial charge in [-0.15, -0.1) is 5.10 Å². The lowest BCUT2D eigenvalue weighted by Gasteiger charge is -2.17. The van der Waals surface area contributed by atoms with Crippen LogP contribution >= 0.6 is 0 Å². The number of fused-ring (bicyclic) bond motifs is 4. The van der Waals surface area contributed by atoms with Crippen LogP contribution in [0.3, 0.4) is 0 Å². The first-order valence-electron chi connectivity index (χ1n) is 13.2. The molecule has 1 aliphatic carbocycles. The maximum atomic E-state index is 13.7. The van der Waals surface area contributed by atoms with Gasteiger partial charge in [-0.3, -0.25) is 14.0 Å². The first-order chi connectivity index (χ1) is 19.3. The molecular weight excluding hydrogens is 508 g/mol. The zero-order valence-corrected chi connectivity index (χ0v) is 22.4. The van der Waals surface area contributed by atoms with Gasteiger partial charge in [0, 0.05) is 48.2 Å². The van der Waals surface area contributed by atoms with Gasteiger partial charge in [0.1, 0.15) is 17.7 Å². The van der Waals surface area contributed by atoms with Crippen LogP contribution in [0.5, 0.6) is 0 Å². The van der Waals surface area contributed by atoms with Gasteiger partial charge in [0.25, 0.3) is 5.56 Å². The highest BCUT2D eigenvalue weighted by atomic mass is 16.3. The molecule has 7 rings (SSSR count). The second-order valence-corrected chi connectivity index (χ2v) is 10.9. The second kappa shape index (κ2) is 8.85. The van der Waals surface area contributed by atoms with Gasteiger partial charge in [-0.05, 0) is 54.5 Å². The largest absolute Gasteiger partial charge is 0.392 e. The van der Waals surface area contributed by atoms with Gasteiger partial charge in [-0.2, -0.15) is 5.10 Å². The highest BCUT2D eigenvalue weighted by molar-refractivity contribution is 5.80. The molecule has 0 radical (unpaired) electrons. The first kappa shape index (κ1) is 24.2. The molecule has 1 aliphatic rings. The molecule has 0 saturated heterocycles. The number of nitrogens with zero attached hydrogens (tertiary/aromatic N) is 9. The fraction of sp³-hybridized carbons (Fsp3) is 0.286. The summed E-state index contributed by atoms with van der Waals surface area (Å²) in [5.41, 5.74) is 6.30. The van der Waals surface area contributed by atoms with Crippen molar-refractivity contribution in [2.24, 2.45) is 5.41 Å². The molecule has 0 fully saturated rings. The molecule has 0 bridgehead atoms. The van der Waals surface area contributed by atoms with Gasteiger partial charge in [0.15, 0.2) is 11.5 Å². The third-order valence-electron chi connectivity index (χ3n) is 7.58. The number of aryl methyl sites for hydroxylation is 1. The van der Waals surface area contributed by atoms with E-state index in [4.69, 9.17) is 0 Å². The van der Waals surface area contributed by atoms with Crippen molar-refractivity contribution in [2.45, 2.75) is 46.8 Å². The fourth-order valence-electron chi connectivity index (χ4n) is 5.76. The standard InChI is InChI=1S/C28H28N10O2/c1-4-35-14-24(33-34-35)32-21-9-18(13-38-26(21)30-16-31-38)19-5-6-29-25(20(19)15-39)37-8-7-36-22(27(37)40)10-17-11-28(2,3)12-23(17)36/h5-10,13-14,16,32,39H,4,11-12,15H2,1-3H3. The molecule has 6 heterocycles. The van der Waals surface area contributed by atoms with Crippen molar-refractivity contribution in [3.05, 3.63) is 82.7 Å².